The summed E-state index contributed by atoms with van der Waals surface area (Å²) >= 11 is 0. The van der Waals surface area contributed by atoms with Crippen LogP contribution in [0.15, 0.2) is 30.7 Å². The van der Waals surface area contributed by atoms with E-state index in [1.807, 2.05) is 12.3 Å². The molecule has 4 nitrogen and oxygen atoms in total. The number of nitrogens with two attached hydrogens (primary N) is 1. The molecule has 2 aromatic rings. The van der Waals surface area contributed by atoms with Gasteiger partial charge in [0.2, 0.25) is 0 Å². The van der Waals surface area contributed by atoms with Crippen molar-refractivity contribution in [1.29, 1.82) is 0 Å². The number of anilines is 1. The van der Waals surface area contributed by atoms with Crippen molar-refractivity contribution in [2.24, 2.45) is 0 Å². The molecule has 0 saturated carbocycles. The van der Waals surface area contributed by atoms with Crippen LogP contribution >= 0.6 is 0 Å². The quantitative estimate of drug-likeness (QED) is 0.806. The number of aromatic nitrogens is 3. The van der Waals surface area contributed by atoms with Crippen LogP contribution in [0.1, 0.15) is 35.7 Å². The minimum Gasteiger partial charge on any atom is -0.382 e. The number of nitrogens with zero attached hydrogens (tertiary/aromatic N) is 3. The summed E-state index contributed by atoms with van der Waals surface area (Å²) in [6, 6.07) is 4.14. The Morgan fingerprint density at radius 3 is 3.12 bits per heavy atom. The van der Waals surface area contributed by atoms with Crippen LogP contribution in [-0.2, 0) is 6.42 Å². The monoisotopic (exact) mass is 226 g/mol. The zero-order valence-corrected chi connectivity index (χ0v) is 9.50. The summed E-state index contributed by atoms with van der Waals surface area (Å²) in [6.07, 6.45) is 8.56. The van der Waals surface area contributed by atoms with Crippen molar-refractivity contribution in [3.63, 3.8) is 0 Å². The number of aryl methyl sites for hydroxylation is 1. The van der Waals surface area contributed by atoms with Crippen LogP contribution in [0.3, 0.4) is 0 Å². The lowest BCUT2D eigenvalue weighted by atomic mass is 9.85. The summed E-state index contributed by atoms with van der Waals surface area (Å²) in [5.74, 6) is 0.724. The van der Waals surface area contributed by atoms with Crippen molar-refractivity contribution in [3.8, 4) is 0 Å². The summed E-state index contributed by atoms with van der Waals surface area (Å²) in [6.45, 7) is 0. The Hall–Kier alpha value is -1.97. The van der Waals surface area contributed by atoms with E-state index in [2.05, 4.69) is 21.0 Å². The largest absolute Gasteiger partial charge is 0.382 e. The summed E-state index contributed by atoms with van der Waals surface area (Å²) < 4.78 is 0. The number of nitrogen functional groups attached to an aromatic ring is 1. The Labute approximate surface area is 99.9 Å². The summed E-state index contributed by atoms with van der Waals surface area (Å²) in [4.78, 5) is 13.0. The lowest BCUT2D eigenvalue weighted by molar-refractivity contribution is 0.586. The molecule has 4 heteroatoms. The first-order valence-corrected chi connectivity index (χ1v) is 5.86. The van der Waals surface area contributed by atoms with Gasteiger partial charge in [0.25, 0.3) is 0 Å². The molecule has 2 N–H and O–H groups in total. The molecule has 1 aliphatic carbocycles. The van der Waals surface area contributed by atoms with Crippen molar-refractivity contribution in [2.45, 2.75) is 25.2 Å². The van der Waals surface area contributed by atoms with Gasteiger partial charge in [0.05, 0.1) is 17.6 Å². The van der Waals surface area contributed by atoms with E-state index in [1.165, 1.54) is 12.0 Å². The molecule has 0 radical (unpaired) electrons. The maximum Gasteiger partial charge on any atom is 0.142 e. The smallest absolute Gasteiger partial charge is 0.142 e. The van der Waals surface area contributed by atoms with Gasteiger partial charge in [-0.1, -0.05) is 6.07 Å². The Balaban J connectivity index is 2.06. The highest BCUT2D eigenvalue weighted by Gasteiger charge is 2.24. The first kappa shape index (κ1) is 10.2. The fraction of sp³-hybridized carbons (Fsp3) is 0.308. The fourth-order valence-electron chi connectivity index (χ4n) is 2.46. The molecule has 0 bridgehead atoms. The second-order valence-electron chi connectivity index (χ2n) is 4.36. The van der Waals surface area contributed by atoms with Crippen molar-refractivity contribution >= 4 is 5.82 Å². The average molecular weight is 226 g/mol. The fourth-order valence-corrected chi connectivity index (χ4v) is 2.46. The number of pyridine rings is 1. The molecule has 1 aliphatic rings. The highest BCUT2D eigenvalue weighted by Crippen LogP contribution is 2.33. The second kappa shape index (κ2) is 4.13. The number of fused-ring (bicyclic) bond motifs is 1. The average Bonchev–Trinajstić information content (AvgIpc) is 2.38. The molecule has 0 saturated heterocycles. The molecule has 0 fully saturated rings. The van der Waals surface area contributed by atoms with Crippen LogP contribution in [0.2, 0.25) is 0 Å². The summed E-state index contributed by atoms with van der Waals surface area (Å²) in [7, 11) is 0. The molecule has 2 heterocycles. The molecule has 0 aromatic carbocycles. The lowest BCUT2D eigenvalue weighted by Gasteiger charge is -2.23. The first-order valence-electron chi connectivity index (χ1n) is 5.86. The Morgan fingerprint density at radius 1 is 1.29 bits per heavy atom. The van der Waals surface area contributed by atoms with Gasteiger partial charge in [-0.25, -0.2) is 4.98 Å². The normalized spacial score (nSPS) is 18.7. The van der Waals surface area contributed by atoms with Crippen LogP contribution in [0.25, 0.3) is 0 Å². The second-order valence-corrected chi connectivity index (χ2v) is 4.36. The van der Waals surface area contributed by atoms with E-state index in [4.69, 9.17) is 5.73 Å². The maximum absolute atomic E-state index is 5.69. The van der Waals surface area contributed by atoms with E-state index in [9.17, 15) is 0 Å². The van der Waals surface area contributed by atoms with E-state index >= 15 is 0 Å². The van der Waals surface area contributed by atoms with Crippen LogP contribution in [0.4, 0.5) is 5.82 Å². The summed E-state index contributed by atoms with van der Waals surface area (Å²) in [5.41, 5.74) is 9.09. The zero-order chi connectivity index (χ0) is 11.7. The lowest BCUT2D eigenvalue weighted by Crippen LogP contribution is -2.14. The number of hydrogen-bond donors (Lipinski definition) is 1. The molecule has 17 heavy (non-hydrogen) atoms. The predicted molar refractivity (Wildman–Crippen MR) is 65.5 cm³/mol. The van der Waals surface area contributed by atoms with E-state index in [0.29, 0.717) is 5.82 Å². The molecule has 1 atom stereocenters. The minimum absolute atomic E-state index is 0.246. The molecule has 86 valence electrons. The van der Waals surface area contributed by atoms with E-state index in [-0.39, 0.29) is 5.92 Å². The molecular weight excluding hydrogens is 212 g/mol. The van der Waals surface area contributed by atoms with Gasteiger partial charge in [-0.2, -0.15) is 0 Å². The van der Waals surface area contributed by atoms with Crippen LogP contribution in [-0.4, -0.2) is 15.0 Å². The van der Waals surface area contributed by atoms with E-state index in [1.54, 1.807) is 12.4 Å². The summed E-state index contributed by atoms with van der Waals surface area (Å²) in [5, 5.41) is 0. The molecule has 3 rings (SSSR count). The van der Waals surface area contributed by atoms with Crippen LogP contribution in [0, 0.1) is 0 Å². The highest BCUT2D eigenvalue weighted by molar-refractivity contribution is 5.34. The third-order valence-corrected chi connectivity index (χ3v) is 3.22. The molecule has 0 amide bonds. The van der Waals surface area contributed by atoms with Gasteiger partial charge in [-0.05, 0) is 30.9 Å². The van der Waals surface area contributed by atoms with E-state index < -0.39 is 0 Å². The molecule has 2 aromatic heterocycles. The Bertz CT molecular complexity index is 538. The Morgan fingerprint density at radius 2 is 2.24 bits per heavy atom. The van der Waals surface area contributed by atoms with Gasteiger partial charge >= 0.3 is 0 Å². The zero-order valence-electron chi connectivity index (χ0n) is 9.50. The van der Waals surface area contributed by atoms with Gasteiger partial charge < -0.3 is 5.73 Å². The third-order valence-electron chi connectivity index (χ3n) is 3.22. The molecule has 0 spiro atoms. The first-order chi connectivity index (χ1) is 8.34. The van der Waals surface area contributed by atoms with Gasteiger partial charge in [0, 0.05) is 18.3 Å². The van der Waals surface area contributed by atoms with Gasteiger partial charge in [-0.15, -0.1) is 0 Å². The minimum atomic E-state index is 0.246. The highest BCUT2D eigenvalue weighted by atomic mass is 14.9. The van der Waals surface area contributed by atoms with Crippen molar-refractivity contribution in [1.82, 2.24) is 15.0 Å². The van der Waals surface area contributed by atoms with Gasteiger partial charge in [0.15, 0.2) is 0 Å². The third kappa shape index (κ3) is 1.86. The van der Waals surface area contributed by atoms with Crippen molar-refractivity contribution in [3.05, 3.63) is 47.7 Å². The number of hydrogen-bond acceptors (Lipinski definition) is 4. The molecule has 0 aliphatic heterocycles. The van der Waals surface area contributed by atoms with Crippen LogP contribution < -0.4 is 5.73 Å². The molecular formula is C13H14N4. The van der Waals surface area contributed by atoms with E-state index in [0.717, 1.165) is 24.2 Å². The predicted octanol–water partition coefficient (Wildman–Crippen LogP) is 1.92. The number of rotatable bonds is 1. The Kier molecular flexibility index (Phi) is 2.48. The SMILES string of the molecule is Nc1cncc(C2CCCc3cccnc32)n1. The maximum atomic E-state index is 5.69. The van der Waals surface area contributed by atoms with Gasteiger partial charge in [-0.3, -0.25) is 9.97 Å². The topological polar surface area (TPSA) is 64.7 Å². The van der Waals surface area contributed by atoms with Crippen molar-refractivity contribution < 1.29 is 0 Å². The van der Waals surface area contributed by atoms with Crippen molar-refractivity contribution in [2.75, 3.05) is 5.73 Å². The van der Waals surface area contributed by atoms with Crippen LogP contribution in [0.5, 0.6) is 0 Å². The molecule has 1 unspecified atom stereocenters. The van der Waals surface area contributed by atoms with Gasteiger partial charge in [0.1, 0.15) is 5.82 Å². The standard InChI is InChI=1S/C13H14N4/c14-12-8-15-7-11(17-12)10-5-1-3-9-4-2-6-16-13(9)10/h2,4,6-8,10H,1,3,5H2,(H2,14,17).